The lowest BCUT2D eigenvalue weighted by Crippen LogP contribution is -2.38. The van der Waals surface area contributed by atoms with Crippen LogP contribution in [-0.4, -0.2) is 11.9 Å². The topological polar surface area (TPSA) is 55.1 Å². The molecule has 0 aromatic heterocycles. The summed E-state index contributed by atoms with van der Waals surface area (Å²) in [5, 5.41) is 3.83. The molecule has 1 amide bonds. The molecule has 1 aromatic carbocycles. The molecule has 21 heavy (non-hydrogen) atoms. The van der Waals surface area contributed by atoms with Gasteiger partial charge in [-0.2, -0.15) is 0 Å². The Morgan fingerprint density at radius 2 is 2.19 bits per heavy atom. The Labute approximate surface area is 132 Å². The minimum atomic E-state index is 0.0241. The fourth-order valence-corrected chi connectivity index (χ4v) is 3.32. The molecule has 1 saturated carbocycles. The molecular formula is C17H25ClN2O. The van der Waals surface area contributed by atoms with Crippen LogP contribution < -0.4 is 11.1 Å². The molecule has 1 aliphatic carbocycles. The Kier molecular flexibility index (Phi) is 6.07. The van der Waals surface area contributed by atoms with Crippen molar-refractivity contribution in [2.24, 2.45) is 11.7 Å². The summed E-state index contributed by atoms with van der Waals surface area (Å²) in [4.78, 5) is 12.3. The zero-order valence-electron chi connectivity index (χ0n) is 12.6. The highest BCUT2D eigenvalue weighted by molar-refractivity contribution is 6.30. The van der Waals surface area contributed by atoms with Crippen LogP contribution in [0.3, 0.4) is 0 Å². The van der Waals surface area contributed by atoms with E-state index < -0.39 is 0 Å². The number of benzene rings is 1. The number of amides is 1. The Balaban J connectivity index is 1.93. The Morgan fingerprint density at radius 3 is 2.86 bits per heavy atom. The zero-order valence-corrected chi connectivity index (χ0v) is 13.4. The maximum Gasteiger partial charge on any atom is 0.220 e. The van der Waals surface area contributed by atoms with E-state index in [0.29, 0.717) is 17.4 Å². The lowest BCUT2D eigenvalue weighted by Gasteiger charge is -2.28. The van der Waals surface area contributed by atoms with Crippen molar-refractivity contribution in [1.82, 2.24) is 5.32 Å². The predicted octanol–water partition coefficient (Wildman–Crippen LogP) is 3.81. The minimum absolute atomic E-state index is 0.0241. The van der Waals surface area contributed by atoms with E-state index in [0.717, 1.165) is 24.8 Å². The molecule has 0 radical (unpaired) electrons. The summed E-state index contributed by atoms with van der Waals surface area (Å²) in [5.41, 5.74) is 7.19. The largest absolute Gasteiger partial charge is 0.349 e. The Morgan fingerprint density at radius 1 is 1.43 bits per heavy atom. The van der Waals surface area contributed by atoms with Crippen molar-refractivity contribution in [1.29, 1.82) is 0 Å². The van der Waals surface area contributed by atoms with Crippen LogP contribution in [0, 0.1) is 5.92 Å². The van der Waals surface area contributed by atoms with Gasteiger partial charge in [-0.25, -0.2) is 0 Å². The molecule has 1 aromatic rings. The highest BCUT2D eigenvalue weighted by Crippen LogP contribution is 2.26. The maximum absolute atomic E-state index is 12.3. The number of hydrogen-bond acceptors (Lipinski definition) is 2. The second kappa shape index (κ2) is 7.81. The van der Waals surface area contributed by atoms with E-state index in [2.05, 4.69) is 12.2 Å². The summed E-state index contributed by atoms with van der Waals surface area (Å²) in [5.74, 6) is 0.430. The number of carbonyl (C=O) groups excluding carboxylic acids is 1. The first-order valence-electron chi connectivity index (χ1n) is 7.90. The molecule has 4 heteroatoms. The molecule has 3 unspecified atom stereocenters. The number of halogens is 1. The van der Waals surface area contributed by atoms with Gasteiger partial charge in [0.2, 0.25) is 5.91 Å². The molecular weight excluding hydrogens is 284 g/mol. The Bertz CT molecular complexity index is 478. The number of hydrogen-bond donors (Lipinski definition) is 2. The first-order valence-corrected chi connectivity index (χ1v) is 8.28. The second-order valence-corrected chi connectivity index (χ2v) is 6.43. The van der Waals surface area contributed by atoms with Crippen molar-refractivity contribution >= 4 is 17.5 Å². The van der Waals surface area contributed by atoms with E-state index in [-0.39, 0.29) is 18.0 Å². The zero-order chi connectivity index (χ0) is 15.2. The second-order valence-electron chi connectivity index (χ2n) is 6.00. The van der Waals surface area contributed by atoms with E-state index in [4.69, 9.17) is 17.3 Å². The Hall–Kier alpha value is -1.06. The molecule has 0 bridgehead atoms. The van der Waals surface area contributed by atoms with Gasteiger partial charge in [0.05, 0.1) is 6.04 Å². The smallest absolute Gasteiger partial charge is 0.220 e. The van der Waals surface area contributed by atoms with Crippen LogP contribution in [0.15, 0.2) is 24.3 Å². The molecule has 3 nitrogen and oxygen atoms in total. The molecule has 116 valence electrons. The summed E-state index contributed by atoms with van der Waals surface area (Å²) in [6.45, 7) is 2.07. The van der Waals surface area contributed by atoms with Gasteiger partial charge in [-0.3, -0.25) is 4.79 Å². The summed E-state index contributed by atoms with van der Waals surface area (Å²) < 4.78 is 0. The fourth-order valence-electron chi connectivity index (χ4n) is 3.13. The van der Waals surface area contributed by atoms with Crippen molar-refractivity contribution < 1.29 is 4.79 Å². The van der Waals surface area contributed by atoms with Gasteiger partial charge in [0, 0.05) is 17.5 Å². The lowest BCUT2D eigenvalue weighted by atomic mass is 9.83. The standard InChI is InChI=1S/C17H25ClN2O/c1-2-16(13-7-5-8-14(18)10-13)20-17(21)11-12-6-3-4-9-15(12)19/h5,7-8,10,12,15-16H,2-4,6,9,11,19H2,1H3,(H,20,21). The summed E-state index contributed by atoms with van der Waals surface area (Å²) >= 11 is 6.03. The fraction of sp³-hybridized carbons (Fsp3) is 0.588. The van der Waals surface area contributed by atoms with E-state index in [1.165, 1.54) is 12.8 Å². The molecule has 2 rings (SSSR count). The van der Waals surface area contributed by atoms with Crippen molar-refractivity contribution in [2.45, 2.75) is 57.5 Å². The number of carbonyl (C=O) groups is 1. The first kappa shape index (κ1) is 16.3. The van der Waals surface area contributed by atoms with E-state index in [9.17, 15) is 4.79 Å². The summed E-state index contributed by atoms with van der Waals surface area (Å²) in [6, 6.07) is 7.89. The highest BCUT2D eigenvalue weighted by Gasteiger charge is 2.25. The van der Waals surface area contributed by atoms with Gasteiger partial charge in [0.15, 0.2) is 0 Å². The number of nitrogens with one attached hydrogen (secondary N) is 1. The average Bonchev–Trinajstić information content (AvgIpc) is 2.47. The average molecular weight is 309 g/mol. The van der Waals surface area contributed by atoms with Crippen molar-refractivity contribution in [2.75, 3.05) is 0 Å². The van der Waals surface area contributed by atoms with Gasteiger partial charge in [-0.05, 0) is 42.9 Å². The van der Waals surface area contributed by atoms with E-state index in [1.54, 1.807) is 0 Å². The molecule has 0 aliphatic heterocycles. The van der Waals surface area contributed by atoms with Crippen molar-refractivity contribution in [3.8, 4) is 0 Å². The third kappa shape index (κ3) is 4.72. The van der Waals surface area contributed by atoms with E-state index >= 15 is 0 Å². The normalized spacial score (nSPS) is 23.6. The van der Waals surface area contributed by atoms with Crippen LogP contribution >= 0.6 is 11.6 Å². The van der Waals surface area contributed by atoms with Gasteiger partial charge >= 0.3 is 0 Å². The van der Waals surface area contributed by atoms with Crippen LogP contribution in [0.25, 0.3) is 0 Å². The van der Waals surface area contributed by atoms with Crippen molar-refractivity contribution in [3.05, 3.63) is 34.9 Å². The first-order chi connectivity index (χ1) is 10.1. The highest BCUT2D eigenvalue weighted by atomic mass is 35.5. The third-order valence-corrected chi connectivity index (χ3v) is 4.65. The van der Waals surface area contributed by atoms with Crippen LogP contribution in [0.4, 0.5) is 0 Å². The summed E-state index contributed by atoms with van der Waals surface area (Å²) in [6.07, 6.45) is 5.89. The van der Waals surface area contributed by atoms with Gasteiger partial charge < -0.3 is 11.1 Å². The van der Waals surface area contributed by atoms with Crippen LogP contribution in [0.5, 0.6) is 0 Å². The molecule has 0 saturated heterocycles. The lowest BCUT2D eigenvalue weighted by molar-refractivity contribution is -0.123. The molecule has 1 aliphatic rings. The molecule has 1 fully saturated rings. The molecule has 3 N–H and O–H groups in total. The molecule has 3 atom stereocenters. The van der Waals surface area contributed by atoms with Gasteiger partial charge in [-0.15, -0.1) is 0 Å². The monoisotopic (exact) mass is 308 g/mol. The summed E-state index contributed by atoms with van der Waals surface area (Å²) in [7, 11) is 0. The van der Waals surface area contributed by atoms with E-state index in [1.807, 2.05) is 24.3 Å². The SMILES string of the molecule is CCC(NC(=O)CC1CCCCC1N)c1cccc(Cl)c1. The minimum Gasteiger partial charge on any atom is -0.349 e. The van der Waals surface area contributed by atoms with Crippen LogP contribution in [0.2, 0.25) is 5.02 Å². The van der Waals surface area contributed by atoms with Crippen LogP contribution in [-0.2, 0) is 4.79 Å². The number of rotatable bonds is 5. The molecule has 0 heterocycles. The molecule has 0 spiro atoms. The van der Waals surface area contributed by atoms with Gasteiger partial charge in [0.25, 0.3) is 0 Å². The van der Waals surface area contributed by atoms with Gasteiger partial charge in [0.1, 0.15) is 0 Å². The van der Waals surface area contributed by atoms with Crippen LogP contribution in [0.1, 0.15) is 57.1 Å². The third-order valence-electron chi connectivity index (χ3n) is 4.41. The predicted molar refractivity (Wildman–Crippen MR) is 87.2 cm³/mol. The quantitative estimate of drug-likeness (QED) is 0.869. The van der Waals surface area contributed by atoms with Crippen molar-refractivity contribution in [3.63, 3.8) is 0 Å². The maximum atomic E-state index is 12.3. The van der Waals surface area contributed by atoms with Gasteiger partial charge in [-0.1, -0.05) is 43.5 Å². The number of nitrogens with two attached hydrogens (primary N) is 1.